The van der Waals surface area contributed by atoms with Gasteiger partial charge in [-0.3, -0.25) is 4.68 Å². The largest absolute Gasteiger partial charge is 1.00 e. The molecule has 84 valence electrons. The summed E-state index contributed by atoms with van der Waals surface area (Å²) in [4.78, 5) is 10.6. The van der Waals surface area contributed by atoms with Crippen molar-refractivity contribution < 1.29 is 66.4 Å². The molecule has 0 saturated carbocycles. The van der Waals surface area contributed by atoms with Crippen molar-refractivity contribution >= 4 is 6.29 Å². The number of hydrogen-bond donors (Lipinski definition) is 0. The molecule has 5 nitrogen and oxygen atoms in total. The maximum absolute atomic E-state index is 10.6. The third kappa shape index (κ3) is 3.01. The van der Waals surface area contributed by atoms with Gasteiger partial charge in [0, 0.05) is 6.29 Å². The Balaban J connectivity index is 0.00000112. The minimum Gasteiger partial charge on any atom is -0.870 e. The van der Waals surface area contributed by atoms with E-state index in [-0.39, 0.29) is 62.5 Å². The molecule has 0 aromatic carbocycles. The predicted octanol–water partition coefficient (Wildman–Crippen LogP) is -2.21. The number of carbonyl (C=O) groups excluding carboxylic acids is 1. The molecule has 2 heterocycles. The maximum atomic E-state index is 10.6. The van der Waals surface area contributed by atoms with Crippen LogP contribution in [0.4, 0.5) is 0 Å². The van der Waals surface area contributed by atoms with E-state index in [1.54, 1.807) is 0 Å². The molecule has 0 spiro atoms. The second kappa shape index (κ2) is 5.86. The monoisotopic (exact) mass is 249 g/mol. The summed E-state index contributed by atoms with van der Waals surface area (Å²) in [6.07, 6.45) is 1.84. The fourth-order valence-corrected chi connectivity index (χ4v) is 1.67. The zero-order chi connectivity index (χ0) is 10.3. The van der Waals surface area contributed by atoms with Crippen LogP contribution in [0.1, 0.15) is 30.8 Å². The van der Waals surface area contributed by atoms with Crippen molar-refractivity contribution in [2.24, 2.45) is 0 Å². The first-order valence-electron chi connectivity index (χ1n) is 4.62. The van der Waals surface area contributed by atoms with Gasteiger partial charge in [0.15, 0.2) is 0 Å². The molecule has 1 aliphatic heterocycles. The van der Waals surface area contributed by atoms with Crippen LogP contribution in [0.2, 0.25) is 0 Å². The number of hydrogen-bond acceptors (Lipinski definition) is 4. The molecule has 0 unspecified atom stereocenters. The second-order valence-electron chi connectivity index (χ2n) is 4.23. The van der Waals surface area contributed by atoms with Crippen molar-refractivity contribution in [3.05, 3.63) is 17.0 Å². The number of rotatable bonds is 1. The Morgan fingerprint density at radius 1 is 1.50 bits per heavy atom. The minimum atomic E-state index is -0.203. The summed E-state index contributed by atoms with van der Waals surface area (Å²) in [7, 11) is 0. The molecule has 0 fully saturated rings. The second-order valence-corrected chi connectivity index (χ2v) is 4.23. The van der Waals surface area contributed by atoms with Crippen LogP contribution in [0, 0.1) is 6.92 Å². The van der Waals surface area contributed by atoms with Crippen molar-refractivity contribution in [1.82, 2.24) is 9.78 Å². The zero-order valence-corrected chi connectivity index (χ0v) is 13.2. The summed E-state index contributed by atoms with van der Waals surface area (Å²) < 4.78 is 7.49. The normalized spacial score (nSPS) is 16.7. The van der Waals surface area contributed by atoms with Crippen LogP contribution in [-0.2, 0) is 22.7 Å². The molecule has 6 heteroatoms. The fraction of sp³-hybridized carbons (Fsp3) is 0.600. The number of fused-ring (bicyclic) bond motifs is 1. The average molecular weight is 249 g/mol. The van der Waals surface area contributed by atoms with E-state index in [1.165, 1.54) is 0 Å². The smallest absolute Gasteiger partial charge is 0.870 e. The van der Waals surface area contributed by atoms with Gasteiger partial charge in [-0.05, 0) is 25.2 Å². The molecule has 0 atom stereocenters. The first-order valence-corrected chi connectivity index (χ1v) is 4.62. The van der Waals surface area contributed by atoms with Crippen LogP contribution in [0.5, 0.6) is 0 Å². The molecule has 0 radical (unpaired) electrons. The Kier molecular flexibility index (Phi) is 6.02. The Morgan fingerprint density at radius 3 is 2.69 bits per heavy atom. The predicted molar refractivity (Wildman–Crippen MR) is 52.6 cm³/mol. The van der Waals surface area contributed by atoms with Crippen LogP contribution in [-0.4, -0.2) is 27.1 Å². The molecule has 2 rings (SSSR count). The standard InChI is InChI=1S/C10H13N2O2.K.H2O/c1-7-8(4-13)11-12-6-10(2,3)14-5-9(7)12;;/h5-6H2,1-3H3;;1H2/q-1;+1;/p-1. The van der Waals surface area contributed by atoms with Gasteiger partial charge in [-0.25, -0.2) is 5.10 Å². The SMILES string of the molecule is Cc1c([C-]=O)nn2c1COC(C)(C)C2.[K+].[OH-]. The minimum absolute atomic E-state index is 0. The van der Waals surface area contributed by atoms with Crippen molar-refractivity contribution in [2.75, 3.05) is 0 Å². The summed E-state index contributed by atoms with van der Waals surface area (Å²) in [5, 5.41) is 4.18. The van der Waals surface area contributed by atoms with E-state index in [4.69, 9.17) is 4.74 Å². The van der Waals surface area contributed by atoms with E-state index in [0.29, 0.717) is 18.8 Å². The molecule has 16 heavy (non-hydrogen) atoms. The topological polar surface area (TPSA) is 74.1 Å². The van der Waals surface area contributed by atoms with Crippen molar-refractivity contribution in [3.63, 3.8) is 0 Å². The molecule has 1 aliphatic rings. The first kappa shape index (κ1) is 16.4. The number of nitrogens with zero attached hydrogens (tertiary/aromatic N) is 2. The summed E-state index contributed by atoms with van der Waals surface area (Å²) in [6, 6.07) is 0. The van der Waals surface area contributed by atoms with Crippen LogP contribution >= 0.6 is 0 Å². The Hall–Kier alpha value is 0.436. The van der Waals surface area contributed by atoms with Gasteiger partial charge < -0.3 is 15.0 Å². The molecule has 1 aromatic rings. The summed E-state index contributed by atoms with van der Waals surface area (Å²) in [5.41, 5.74) is 2.07. The Bertz CT molecular complexity index is 388. The average Bonchev–Trinajstić information content (AvgIpc) is 2.40. The molecule has 0 bridgehead atoms. The van der Waals surface area contributed by atoms with E-state index in [1.807, 2.05) is 31.7 Å². The molecular weight excluding hydrogens is 235 g/mol. The number of aromatic nitrogens is 2. The molecule has 1 N–H and O–H groups in total. The third-order valence-corrected chi connectivity index (χ3v) is 2.55. The summed E-state index contributed by atoms with van der Waals surface area (Å²) >= 11 is 0. The van der Waals surface area contributed by atoms with Gasteiger partial charge in [-0.2, -0.15) is 0 Å². The van der Waals surface area contributed by atoms with Crippen LogP contribution in [0.3, 0.4) is 0 Å². The Labute approximate surface area is 137 Å². The van der Waals surface area contributed by atoms with Crippen LogP contribution in [0.15, 0.2) is 0 Å². The van der Waals surface area contributed by atoms with Crippen molar-refractivity contribution in [2.45, 2.75) is 39.5 Å². The fourth-order valence-electron chi connectivity index (χ4n) is 1.67. The molecule has 0 aliphatic carbocycles. The molecule has 0 saturated heterocycles. The third-order valence-electron chi connectivity index (χ3n) is 2.55. The van der Waals surface area contributed by atoms with Gasteiger partial charge in [-0.15, -0.1) is 12.5 Å². The van der Waals surface area contributed by atoms with Crippen LogP contribution < -0.4 is 51.4 Å². The quantitative estimate of drug-likeness (QED) is 0.418. The molecular formula is C10H14KN2O3-. The van der Waals surface area contributed by atoms with E-state index < -0.39 is 0 Å². The summed E-state index contributed by atoms with van der Waals surface area (Å²) in [5.74, 6) is 0. The van der Waals surface area contributed by atoms with Gasteiger partial charge in [0.05, 0.1) is 18.8 Å². The van der Waals surface area contributed by atoms with Gasteiger partial charge in [0.2, 0.25) is 0 Å². The maximum Gasteiger partial charge on any atom is 1.00 e. The van der Waals surface area contributed by atoms with Crippen molar-refractivity contribution in [3.8, 4) is 0 Å². The molecule has 1 aromatic heterocycles. The summed E-state index contributed by atoms with van der Waals surface area (Å²) in [6.45, 7) is 7.10. The first-order chi connectivity index (χ1) is 6.53. The van der Waals surface area contributed by atoms with Gasteiger partial charge in [0.25, 0.3) is 0 Å². The zero-order valence-electron chi connectivity index (χ0n) is 10.1. The van der Waals surface area contributed by atoms with E-state index in [2.05, 4.69) is 5.10 Å². The van der Waals surface area contributed by atoms with E-state index in [0.717, 1.165) is 11.3 Å². The molecule has 0 amide bonds. The van der Waals surface area contributed by atoms with Gasteiger partial charge >= 0.3 is 51.4 Å². The number of ether oxygens (including phenoxy) is 1. The van der Waals surface area contributed by atoms with Gasteiger partial charge in [-0.1, -0.05) is 0 Å². The van der Waals surface area contributed by atoms with E-state index >= 15 is 0 Å². The van der Waals surface area contributed by atoms with E-state index in [9.17, 15) is 4.79 Å². The van der Waals surface area contributed by atoms with Gasteiger partial charge in [0.1, 0.15) is 0 Å². The Morgan fingerprint density at radius 2 is 2.12 bits per heavy atom. The van der Waals surface area contributed by atoms with Crippen LogP contribution in [0.25, 0.3) is 0 Å². The van der Waals surface area contributed by atoms with Crippen molar-refractivity contribution in [1.29, 1.82) is 0 Å².